The van der Waals surface area contributed by atoms with Crippen molar-refractivity contribution >= 4 is 22.7 Å². The number of aromatic nitrogens is 1. The van der Waals surface area contributed by atoms with Gasteiger partial charge in [0.2, 0.25) is 5.91 Å². The summed E-state index contributed by atoms with van der Waals surface area (Å²) in [6.07, 6.45) is 0.0208. The fourth-order valence-electron chi connectivity index (χ4n) is 3.15. The number of nitrogens with one attached hydrogen (secondary N) is 2. The zero-order chi connectivity index (χ0) is 20.9. The summed E-state index contributed by atoms with van der Waals surface area (Å²) in [5, 5.41) is 0.683. The molecular weight excluding hydrogens is 381 g/mol. The minimum absolute atomic E-state index is 0.0208. The molecule has 0 aliphatic rings. The van der Waals surface area contributed by atoms with Crippen molar-refractivity contribution in [2.24, 2.45) is 0 Å². The number of hydrazine groups is 1. The smallest absolute Gasteiger partial charge is 0.270 e. The molecule has 0 bridgehead atoms. The molecule has 1 heterocycles. The Kier molecular flexibility index (Phi) is 5.48. The van der Waals surface area contributed by atoms with E-state index in [0.29, 0.717) is 27.7 Å². The van der Waals surface area contributed by atoms with Crippen LogP contribution in [0, 0.1) is 5.82 Å². The topological polar surface area (TPSA) is 71.1 Å². The molecule has 0 radical (unpaired) electrons. The van der Waals surface area contributed by atoms with Gasteiger partial charge in [-0.15, -0.1) is 0 Å². The molecule has 0 atom stereocenters. The van der Waals surface area contributed by atoms with Gasteiger partial charge in [-0.25, -0.2) is 9.37 Å². The van der Waals surface area contributed by atoms with Gasteiger partial charge in [-0.2, -0.15) is 0 Å². The van der Waals surface area contributed by atoms with Gasteiger partial charge in [0.25, 0.3) is 5.91 Å². The monoisotopic (exact) mass is 399 g/mol. The van der Waals surface area contributed by atoms with E-state index in [2.05, 4.69) is 15.8 Å². The van der Waals surface area contributed by atoms with Gasteiger partial charge < -0.3 is 0 Å². The second kappa shape index (κ2) is 8.53. The summed E-state index contributed by atoms with van der Waals surface area (Å²) in [6, 6.07) is 24.2. The quantitative estimate of drug-likeness (QED) is 0.509. The molecule has 0 aliphatic heterocycles. The van der Waals surface area contributed by atoms with E-state index in [9.17, 15) is 14.0 Å². The third-order valence-electron chi connectivity index (χ3n) is 4.62. The van der Waals surface area contributed by atoms with Gasteiger partial charge in [-0.05, 0) is 29.8 Å². The van der Waals surface area contributed by atoms with Crippen LogP contribution in [-0.4, -0.2) is 16.8 Å². The fourth-order valence-corrected chi connectivity index (χ4v) is 3.15. The Hall–Kier alpha value is -4.06. The van der Waals surface area contributed by atoms with Gasteiger partial charge >= 0.3 is 0 Å². The molecule has 0 unspecified atom stereocenters. The minimum Gasteiger partial charge on any atom is -0.273 e. The maximum Gasteiger partial charge on any atom is 0.270 e. The first-order valence-electron chi connectivity index (χ1n) is 9.39. The Labute approximate surface area is 172 Å². The third-order valence-corrected chi connectivity index (χ3v) is 4.62. The van der Waals surface area contributed by atoms with Crippen LogP contribution in [0.2, 0.25) is 0 Å². The van der Waals surface area contributed by atoms with Crippen molar-refractivity contribution in [1.82, 2.24) is 15.8 Å². The Bertz CT molecular complexity index is 1210. The number of benzene rings is 3. The highest BCUT2D eigenvalue weighted by atomic mass is 19.1. The molecule has 4 aromatic rings. The summed E-state index contributed by atoms with van der Waals surface area (Å²) >= 11 is 0. The molecule has 3 aromatic carbocycles. The van der Waals surface area contributed by atoms with Crippen LogP contribution in [-0.2, 0) is 11.2 Å². The van der Waals surface area contributed by atoms with Gasteiger partial charge in [0, 0.05) is 10.9 Å². The molecule has 5 nitrogen and oxygen atoms in total. The summed E-state index contributed by atoms with van der Waals surface area (Å²) < 4.78 is 13.0. The molecule has 1 aromatic heterocycles. The predicted octanol–water partition coefficient (Wildman–Crippen LogP) is 4.04. The number of hydrogen-bond donors (Lipinski definition) is 2. The lowest BCUT2D eigenvalue weighted by Crippen LogP contribution is -2.42. The highest BCUT2D eigenvalue weighted by Gasteiger charge is 2.14. The Morgan fingerprint density at radius 1 is 0.833 bits per heavy atom. The van der Waals surface area contributed by atoms with Crippen LogP contribution >= 0.6 is 0 Å². The molecule has 0 aliphatic carbocycles. The van der Waals surface area contributed by atoms with Crippen LogP contribution in [0.25, 0.3) is 22.2 Å². The Balaban J connectivity index is 1.55. The molecule has 0 saturated carbocycles. The number of fused-ring (bicyclic) bond motifs is 1. The summed E-state index contributed by atoms with van der Waals surface area (Å²) in [4.78, 5) is 29.6. The van der Waals surface area contributed by atoms with Crippen LogP contribution in [0.3, 0.4) is 0 Å². The summed E-state index contributed by atoms with van der Waals surface area (Å²) in [6.45, 7) is 0. The van der Waals surface area contributed by atoms with Crippen molar-refractivity contribution < 1.29 is 14.0 Å². The van der Waals surface area contributed by atoms with E-state index in [-0.39, 0.29) is 12.2 Å². The van der Waals surface area contributed by atoms with Gasteiger partial charge in [0.15, 0.2) is 0 Å². The number of carbonyl (C=O) groups is 2. The van der Waals surface area contributed by atoms with E-state index in [0.717, 1.165) is 5.56 Å². The van der Waals surface area contributed by atoms with E-state index in [4.69, 9.17) is 0 Å². The number of hydrogen-bond acceptors (Lipinski definition) is 3. The lowest BCUT2D eigenvalue weighted by Gasteiger charge is -2.11. The second-order valence-electron chi connectivity index (χ2n) is 6.74. The number of nitrogens with zero attached hydrogens (tertiary/aromatic N) is 1. The zero-order valence-corrected chi connectivity index (χ0v) is 15.9. The molecule has 30 heavy (non-hydrogen) atoms. The van der Waals surface area contributed by atoms with Gasteiger partial charge in [-0.3, -0.25) is 20.4 Å². The number of halogens is 1. The van der Waals surface area contributed by atoms with E-state index >= 15 is 0 Å². The lowest BCUT2D eigenvalue weighted by molar-refractivity contribution is -0.121. The lowest BCUT2D eigenvalue weighted by atomic mass is 10.0. The van der Waals surface area contributed by atoms with Crippen molar-refractivity contribution in [3.05, 3.63) is 102 Å². The van der Waals surface area contributed by atoms with Crippen LogP contribution in [0.5, 0.6) is 0 Å². The molecule has 6 heteroatoms. The van der Waals surface area contributed by atoms with Crippen molar-refractivity contribution in [2.45, 2.75) is 6.42 Å². The van der Waals surface area contributed by atoms with Crippen LogP contribution in [0.1, 0.15) is 15.9 Å². The fraction of sp³-hybridized carbons (Fsp3) is 0.0417. The van der Waals surface area contributed by atoms with Crippen LogP contribution in [0.15, 0.2) is 84.9 Å². The predicted molar refractivity (Wildman–Crippen MR) is 113 cm³/mol. The standard InChI is InChI=1S/C24H18FN3O2/c25-18-12-10-16(11-13-18)14-23(29)27-28-24(30)20-15-22(17-6-2-1-3-7-17)26-21-9-5-4-8-19(20)21/h1-13,15H,14H2,(H,27,29)(H,28,30). The third kappa shape index (κ3) is 4.33. The van der Waals surface area contributed by atoms with E-state index in [1.807, 2.05) is 54.6 Å². The first kappa shape index (κ1) is 19.3. The summed E-state index contributed by atoms with van der Waals surface area (Å²) in [5.41, 5.74) is 8.16. The number of para-hydroxylation sites is 1. The van der Waals surface area contributed by atoms with Crippen LogP contribution in [0.4, 0.5) is 4.39 Å². The van der Waals surface area contributed by atoms with E-state index in [1.165, 1.54) is 24.3 Å². The first-order valence-corrected chi connectivity index (χ1v) is 9.39. The minimum atomic E-state index is -0.446. The van der Waals surface area contributed by atoms with Gasteiger partial charge in [-0.1, -0.05) is 60.7 Å². The average Bonchev–Trinajstić information content (AvgIpc) is 2.79. The Morgan fingerprint density at radius 3 is 2.30 bits per heavy atom. The SMILES string of the molecule is O=C(Cc1ccc(F)cc1)NNC(=O)c1cc(-c2ccccc2)nc2ccccc12. The van der Waals surface area contributed by atoms with Crippen molar-refractivity contribution in [3.63, 3.8) is 0 Å². The largest absolute Gasteiger partial charge is 0.273 e. The molecule has 2 amide bonds. The molecule has 2 N–H and O–H groups in total. The maximum absolute atomic E-state index is 13.0. The first-order chi connectivity index (χ1) is 14.6. The second-order valence-corrected chi connectivity index (χ2v) is 6.74. The highest BCUT2D eigenvalue weighted by Crippen LogP contribution is 2.24. The van der Waals surface area contributed by atoms with Gasteiger partial charge in [0.05, 0.1) is 23.2 Å². The van der Waals surface area contributed by atoms with Crippen molar-refractivity contribution in [3.8, 4) is 11.3 Å². The Morgan fingerprint density at radius 2 is 1.53 bits per heavy atom. The molecule has 0 fully saturated rings. The normalized spacial score (nSPS) is 10.6. The van der Waals surface area contributed by atoms with E-state index < -0.39 is 11.8 Å². The number of amides is 2. The van der Waals surface area contributed by atoms with Crippen LogP contribution < -0.4 is 10.9 Å². The number of carbonyl (C=O) groups excluding carboxylic acids is 2. The molecule has 4 rings (SSSR count). The molecular formula is C24H18FN3O2. The van der Waals surface area contributed by atoms with Crippen molar-refractivity contribution in [2.75, 3.05) is 0 Å². The van der Waals surface area contributed by atoms with E-state index in [1.54, 1.807) is 6.07 Å². The zero-order valence-electron chi connectivity index (χ0n) is 15.9. The van der Waals surface area contributed by atoms with Crippen molar-refractivity contribution in [1.29, 1.82) is 0 Å². The summed E-state index contributed by atoms with van der Waals surface area (Å²) in [5.74, 6) is -1.22. The molecule has 0 saturated heterocycles. The number of pyridine rings is 1. The molecule has 0 spiro atoms. The molecule has 148 valence electrons. The average molecular weight is 399 g/mol. The number of rotatable bonds is 4. The summed E-state index contributed by atoms with van der Waals surface area (Å²) in [7, 11) is 0. The van der Waals surface area contributed by atoms with Gasteiger partial charge in [0.1, 0.15) is 5.82 Å². The highest BCUT2D eigenvalue weighted by molar-refractivity contribution is 6.07. The maximum atomic E-state index is 13.0.